The van der Waals surface area contributed by atoms with Gasteiger partial charge in [-0.1, -0.05) is 13.8 Å². The smallest absolute Gasteiger partial charge is 0.434 e. The first-order valence-corrected chi connectivity index (χ1v) is 7.81. The van der Waals surface area contributed by atoms with E-state index in [1.165, 1.54) is 0 Å². The Hall–Kier alpha value is -0.810. The van der Waals surface area contributed by atoms with Crippen molar-refractivity contribution in [2.75, 3.05) is 27.3 Å². The lowest BCUT2D eigenvalue weighted by Gasteiger charge is -2.14. The zero-order valence-corrected chi connectivity index (χ0v) is 13.5. The molecule has 0 radical (unpaired) electrons. The fraction of sp³-hybridized carbons (Fsp3) is 0.933. The van der Waals surface area contributed by atoms with Crippen molar-refractivity contribution < 1.29 is 14.3 Å². The molecule has 5 heteroatoms. The molecule has 0 saturated carbocycles. The molecule has 2 atom stereocenters. The Morgan fingerprint density at radius 1 is 0.900 bits per heavy atom. The number of hydrogen-bond acceptors (Lipinski definition) is 5. The van der Waals surface area contributed by atoms with Crippen molar-refractivity contribution in [2.45, 2.75) is 64.5 Å². The Kier molecular flexibility index (Phi) is 12.7. The van der Waals surface area contributed by atoms with Gasteiger partial charge < -0.3 is 20.1 Å². The van der Waals surface area contributed by atoms with Gasteiger partial charge in [0.25, 0.3) is 0 Å². The molecular weight excluding hydrogens is 256 g/mol. The van der Waals surface area contributed by atoms with Crippen molar-refractivity contribution in [2.24, 2.45) is 0 Å². The molecule has 0 amide bonds. The number of carbonyl (C=O) groups is 1. The molecule has 2 unspecified atom stereocenters. The van der Waals surface area contributed by atoms with E-state index in [1.807, 2.05) is 14.1 Å². The molecule has 0 aromatic carbocycles. The minimum Gasteiger partial charge on any atom is -0.434 e. The van der Waals surface area contributed by atoms with Crippen molar-refractivity contribution in [3.63, 3.8) is 0 Å². The largest absolute Gasteiger partial charge is 0.508 e. The monoisotopic (exact) mass is 288 g/mol. The van der Waals surface area contributed by atoms with E-state index in [2.05, 4.69) is 24.5 Å². The second-order valence-electron chi connectivity index (χ2n) is 5.02. The molecule has 0 rings (SSSR count). The quantitative estimate of drug-likeness (QED) is 0.427. The van der Waals surface area contributed by atoms with E-state index in [-0.39, 0.29) is 0 Å². The van der Waals surface area contributed by atoms with Gasteiger partial charge in [0.15, 0.2) is 0 Å². The minimum absolute atomic E-state index is 0.436. The van der Waals surface area contributed by atoms with Gasteiger partial charge in [0.05, 0.1) is 13.2 Å². The number of hydrogen-bond donors (Lipinski definition) is 2. The van der Waals surface area contributed by atoms with E-state index in [0.717, 1.165) is 38.5 Å². The minimum atomic E-state index is -0.542. The molecule has 0 spiro atoms. The van der Waals surface area contributed by atoms with Gasteiger partial charge in [-0.25, -0.2) is 4.79 Å². The van der Waals surface area contributed by atoms with Gasteiger partial charge in [-0.05, 0) is 52.6 Å². The molecule has 0 aliphatic rings. The highest BCUT2D eigenvalue weighted by molar-refractivity contribution is 5.59. The molecule has 0 fully saturated rings. The summed E-state index contributed by atoms with van der Waals surface area (Å²) in [5, 5.41) is 6.45. The standard InChI is InChI=1S/C15H32N2O3/c1-5-13(16-3)9-7-11-19-15(18)20-12-8-10-14(6-2)17-4/h13-14,16-17H,5-12H2,1-4H3. The first-order valence-electron chi connectivity index (χ1n) is 7.81. The summed E-state index contributed by atoms with van der Waals surface area (Å²) in [6.45, 7) is 5.16. The van der Waals surface area contributed by atoms with Crippen molar-refractivity contribution in [1.82, 2.24) is 10.6 Å². The first kappa shape index (κ1) is 19.2. The van der Waals surface area contributed by atoms with Gasteiger partial charge in [-0.15, -0.1) is 0 Å². The maximum Gasteiger partial charge on any atom is 0.508 e. The molecule has 0 aromatic rings. The molecule has 2 N–H and O–H groups in total. The predicted molar refractivity (Wildman–Crippen MR) is 82.0 cm³/mol. The van der Waals surface area contributed by atoms with Crippen molar-refractivity contribution in [3.05, 3.63) is 0 Å². The zero-order valence-electron chi connectivity index (χ0n) is 13.5. The summed E-state index contributed by atoms with van der Waals surface area (Å²) in [7, 11) is 3.91. The Morgan fingerprint density at radius 3 is 1.60 bits per heavy atom. The zero-order chi connectivity index (χ0) is 15.2. The van der Waals surface area contributed by atoms with Gasteiger partial charge in [-0.2, -0.15) is 0 Å². The Balaban J connectivity index is 3.45. The fourth-order valence-corrected chi connectivity index (χ4v) is 2.12. The molecule has 0 heterocycles. The number of carbonyl (C=O) groups excluding carboxylic acids is 1. The second kappa shape index (κ2) is 13.2. The summed E-state index contributed by atoms with van der Waals surface area (Å²) in [6, 6.07) is 1.00. The molecule has 0 saturated heterocycles. The summed E-state index contributed by atoms with van der Waals surface area (Å²) in [6.07, 6.45) is 5.40. The molecule has 20 heavy (non-hydrogen) atoms. The van der Waals surface area contributed by atoms with Crippen LogP contribution in [0.4, 0.5) is 4.79 Å². The van der Waals surface area contributed by atoms with Gasteiger partial charge in [0.1, 0.15) is 0 Å². The lowest BCUT2D eigenvalue weighted by Crippen LogP contribution is -2.25. The highest BCUT2D eigenvalue weighted by atomic mass is 16.7. The van der Waals surface area contributed by atoms with Crippen molar-refractivity contribution >= 4 is 6.16 Å². The molecule has 120 valence electrons. The topological polar surface area (TPSA) is 59.6 Å². The molecule has 5 nitrogen and oxygen atoms in total. The van der Waals surface area contributed by atoms with Crippen LogP contribution >= 0.6 is 0 Å². The van der Waals surface area contributed by atoms with Crippen LogP contribution in [0.1, 0.15) is 52.4 Å². The molecule has 0 aliphatic carbocycles. The van der Waals surface area contributed by atoms with Crippen LogP contribution in [0.5, 0.6) is 0 Å². The maximum absolute atomic E-state index is 11.3. The van der Waals surface area contributed by atoms with Gasteiger partial charge >= 0.3 is 6.16 Å². The van der Waals surface area contributed by atoms with Crippen LogP contribution in [-0.4, -0.2) is 45.5 Å². The summed E-state index contributed by atoms with van der Waals surface area (Å²) < 4.78 is 10.1. The van der Waals surface area contributed by atoms with Crippen molar-refractivity contribution in [1.29, 1.82) is 0 Å². The fourth-order valence-electron chi connectivity index (χ4n) is 2.12. The lowest BCUT2D eigenvalue weighted by molar-refractivity contribution is 0.0521. The number of rotatable bonds is 12. The molecule has 0 aliphatic heterocycles. The normalized spacial score (nSPS) is 13.8. The average Bonchev–Trinajstić information content (AvgIpc) is 2.47. The van der Waals surface area contributed by atoms with Crippen LogP contribution in [-0.2, 0) is 9.47 Å². The predicted octanol–water partition coefficient (Wildman–Crippen LogP) is 2.70. The number of nitrogens with one attached hydrogen (secondary N) is 2. The van der Waals surface area contributed by atoms with E-state index in [9.17, 15) is 4.79 Å². The highest BCUT2D eigenvalue weighted by Crippen LogP contribution is 2.03. The summed E-state index contributed by atoms with van der Waals surface area (Å²) in [4.78, 5) is 11.3. The summed E-state index contributed by atoms with van der Waals surface area (Å²) >= 11 is 0. The van der Waals surface area contributed by atoms with Gasteiger partial charge in [0, 0.05) is 12.1 Å². The van der Waals surface area contributed by atoms with Gasteiger partial charge in [0.2, 0.25) is 0 Å². The molecule has 0 aromatic heterocycles. The van der Waals surface area contributed by atoms with E-state index < -0.39 is 6.16 Å². The third-order valence-corrected chi connectivity index (χ3v) is 3.64. The van der Waals surface area contributed by atoms with E-state index in [0.29, 0.717) is 25.3 Å². The maximum atomic E-state index is 11.3. The first-order chi connectivity index (χ1) is 9.67. The SMILES string of the molecule is CCC(CCCOC(=O)OCCCC(CC)NC)NC. The van der Waals surface area contributed by atoms with Gasteiger partial charge in [-0.3, -0.25) is 0 Å². The molecule has 0 bridgehead atoms. The summed E-state index contributed by atoms with van der Waals surface area (Å²) in [5.74, 6) is 0. The van der Waals surface area contributed by atoms with Crippen LogP contribution in [0.15, 0.2) is 0 Å². The van der Waals surface area contributed by atoms with E-state index in [4.69, 9.17) is 9.47 Å². The number of ether oxygens (including phenoxy) is 2. The third-order valence-electron chi connectivity index (χ3n) is 3.64. The van der Waals surface area contributed by atoms with Crippen LogP contribution in [0, 0.1) is 0 Å². The average molecular weight is 288 g/mol. The summed E-state index contributed by atoms with van der Waals surface area (Å²) in [5.41, 5.74) is 0. The van der Waals surface area contributed by atoms with Crippen LogP contribution < -0.4 is 10.6 Å². The van der Waals surface area contributed by atoms with E-state index >= 15 is 0 Å². The Morgan fingerprint density at radius 2 is 1.30 bits per heavy atom. The third kappa shape index (κ3) is 10.0. The Labute approximate surface area is 123 Å². The second-order valence-corrected chi connectivity index (χ2v) is 5.02. The van der Waals surface area contributed by atoms with Crippen molar-refractivity contribution in [3.8, 4) is 0 Å². The van der Waals surface area contributed by atoms with Crippen LogP contribution in [0.3, 0.4) is 0 Å². The lowest BCUT2D eigenvalue weighted by atomic mass is 10.1. The molecular formula is C15H32N2O3. The highest BCUT2D eigenvalue weighted by Gasteiger charge is 2.07. The van der Waals surface area contributed by atoms with E-state index in [1.54, 1.807) is 0 Å². The Bertz CT molecular complexity index is 207. The van der Waals surface area contributed by atoms with Crippen LogP contribution in [0.2, 0.25) is 0 Å². The van der Waals surface area contributed by atoms with Crippen LogP contribution in [0.25, 0.3) is 0 Å².